The molecule has 0 aliphatic carbocycles. The highest BCUT2D eigenvalue weighted by atomic mass is 79.9. The molecule has 0 aromatic heterocycles. The van der Waals surface area contributed by atoms with Gasteiger partial charge < -0.3 is 11.1 Å². The molecule has 1 amide bonds. The number of halogens is 2. The van der Waals surface area contributed by atoms with Crippen LogP contribution in [0.4, 0.5) is 21.5 Å². The maximum absolute atomic E-state index is 13.2. The van der Waals surface area contributed by atoms with Gasteiger partial charge in [0.25, 0.3) is 11.6 Å². The summed E-state index contributed by atoms with van der Waals surface area (Å²) >= 11 is 3.17. The highest BCUT2D eigenvalue weighted by Crippen LogP contribution is 2.28. The molecule has 0 fully saturated rings. The zero-order valence-electron chi connectivity index (χ0n) is 10.5. The van der Waals surface area contributed by atoms with Gasteiger partial charge in [-0.2, -0.15) is 0 Å². The Labute approximate surface area is 127 Å². The second kappa shape index (κ2) is 5.88. The van der Waals surface area contributed by atoms with E-state index in [-0.39, 0.29) is 22.6 Å². The fraction of sp³-hybridized carbons (Fsp3) is 0. The van der Waals surface area contributed by atoms with Crippen LogP contribution in [0.5, 0.6) is 0 Å². The first-order valence-electron chi connectivity index (χ1n) is 5.69. The van der Waals surface area contributed by atoms with Crippen LogP contribution in [0.2, 0.25) is 0 Å². The van der Waals surface area contributed by atoms with Gasteiger partial charge in [-0.3, -0.25) is 14.9 Å². The zero-order chi connectivity index (χ0) is 15.6. The number of benzene rings is 2. The molecule has 2 rings (SSSR count). The van der Waals surface area contributed by atoms with Crippen molar-refractivity contribution in [3.63, 3.8) is 0 Å². The Morgan fingerprint density at radius 1 is 1.29 bits per heavy atom. The summed E-state index contributed by atoms with van der Waals surface area (Å²) in [5.41, 5.74) is 5.68. The Kier molecular flexibility index (Phi) is 4.18. The van der Waals surface area contributed by atoms with Crippen molar-refractivity contribution in [2.45, 2.75) is 0 Å². The van der Waals surface area contributed by atoms with Crippen molar-refractivity contribution in [1.29, 1.82) is 0 Å². The van der Waals surface area contributed by atoms with E-state index in [9.17, 15) is 19.3 Å². The molecule has 0 atom stereocenters. The molecule has 6 nitrogen and oxygen atoms in total. The van der Waals surface area contributed by atoms with Gasteiger partial charge in [-0.15, -0.1) is 0 Å². The Hall–Kier alpha value is -2.48. The van der Waals surface area contributed by atoms with Crippen LogP contribution in [0.15, 0.2) is 40.9 Å². The second-order valence-corrected chi connectivity index (χ2v) is 4.96. The number of carbonyl (C=O) groups excluding carboxylic acids is 1. The quantitative estimate of drug-likeness (QED) is 0.502. The van der Waals surface area contributed by atoms with Gasteiger partial charge in [0.05, 0.1) is 16.2 Å². The third-order valence-corrected chi connectivity index (χ3v) is 3.36. The molecule has 8 heteroatoms. The molecule has 0 spiro atoms. The molecule has 0 saturated heterocycles. The Morgan fingerprint density at radius 3 is 2.67 bits per heavy atom. The second-order valence-electron chi connectivity index (χ2n) is 4.11. The highest BCUT2D eigenvalue weighted by molar-refractivity contribution is 9.10. The first-order chi connectivity index (χ1) is 9.88. The average molecular weight is 354 g/mol. The summed E-state index contributed by atoms with van der Waals surface area (Å²) in [6.07, 6.45) is 0. The fourth-order valence-corrected chi connectivity index (χ4v) is 1.98. The molecule has 3 N–H and O–H groups in total. The summed E-state index contributed by atoms with van der Waals surface area (Å²) in [7, 11) is 0. The van der Waals surface area contributed by atoms with E-state index in [1.807, 2.05) is 0 Å². The van der Waals surface area contributed by atoms with Crippen molar-refractivity contribution in [2.24, 2.45) is 0 Å². The molecular weight excluding hydrogens is 345 g/mol. The molecule has 2 aromatic carbocycles. The number of carbonyl (C=O) groups is 1. The largest absolute Gasteiger partial charge is 0.398 e. The lowest BCUT2D eigenvalue weighted by atomic mass is 10.1. The van der Waals surface area contributed by atoms with Crippen molar-refractivity contribution < 1.29 is 14.1 Å². The van der Waals surface area contributed by atoms with Crippen LogP contribution < -0.4 is 11.1 Å². The van der Waals surface area contributed by atoms with Crippen molar-refractivity contribution >= 4 is 38.9 Å². The summed E-state index contributed by atoms with van der Waals surface area (Å²) in [6, 6.07) is 7.31. The fourth-order valence-electron chi connectivity index (χ4n) is 1.64. The van der Waals surface area contributed by atoms with Crippen LogP contribution in [0, 0.1) is 15.9 Å². The van der Waals surface area contributed by atoms with Gasteiger partial charge in [0.15, 0.2) is 0 Å². The van der Waals surface area contributed by atoms with E-state index < -0.39 is 16.6 Å². The maximum Gasteiger partial charge on any atom is 0.271 e. The van der Waals surface area contributed by atoms with Gasteiger partial charge in [-0.1, -0.05) is 0 Å². The van der Waals surface area contributed by atoms with Crippen molar-refractivity contribution in [3.8, 4) is 0 Å². The number of non-ortho nitro benzene ring substituents is 1. The Balaban J connectivity index is 2.33. The predicted octanol–water partition coefficient (Wildman–Crippen LogP) is 3.33. The van der Waals surface area contributed by atoms with E-state index >= 15 is 0 Å². The molecule has 0 aliphatic heterocycles. The molecule has 0 heterocycles. The summed E-state index contributed by atoms with van der Waals surface area (Å²) in [5.74, 6) is -1.26. The summed E-state index contributed by atoms with van der Waals surface area (Å²) in [6.45, 7) is 0. The minimum Gasteiger partial charge on any atom is -0.398 e. The van der Waals surface area contributed by atoms with Gasteiger partial charge in [0.2, 0.25) is 0 Å². The SMILES string of the molecule is Nc1ccc(F)cc1C(=O)Nc1cc([N+](=O)[O-])ccc1Br. The van der Waals surface area contributed by atoms with E-state index in [2.05, 4.69) is 21.2 Å². The smallest absolute Gasteiger partial charge is 0.271 e. The number of anilines is 2. The van der Waals surface area contributed by atoms with E-state index in [0.29, 0.717) is 4.47 Å². The van der Waals surface area contributed by atoms with Crippen molar-refractivity contribution in [1.82, 2.24) is 0 Å². The van der Waals surface area contributed by atoms with E-state index in [4.69, 9.17) is 5.73 Å². The molecule has 0 saturated carbocycles. The summed E-state index contributed by atoms with van der Waals surface area (Å²) in [5, 5.41) is 13.2. The van der Waals surface area contributed by atoms with Crippen molar-refractivity contribution in [2.75, 3.05) is 11.1 Å². The number of amides is 1. The van der Waals surface area contributed by atoms with Gasteiger partial charge in [-0.25, -0.2) is 4.39 Å². The van der Waals surface area contributed by atoms with Gasteiger partial charge >= 0.3 is 0 Å². The minimum absolute atomic E-state index is 0.0478. The number of nitrogens with two attached hydrogens (primary N) is 1. The molecule has 0 radical (unpaired) electrons. The molecule has 0 unspecified atom stereocenters. The minimum atomic E-state index is -0.659. The lowest BCUT2D eigenvalue weighted by molar-refractivity contribution is -0.384. The lowest BCUT2D eigenvalue weighted by Crippen LogP contribution is -2.14. The number of rotatable bonds is 3. The highest BCUT2D eigenvalue weighted by Gasteiger charge is 2.15. The van der Waals surface area contributed by atoms with Crippen molar-refractivity contribution in [3.05, 3.63) is 62.4 Å². The lowest BCUT2D eigenvalue weighted by Gasteiger charge is -2.09. The van der Waals surface area contributed by atoms with Crippen LogP contribution in [-0.2, 0) is 0 Å². The molecule has 0 aliphatic rings. The van der Waals surface area contributed by atoms with E-state index in [0.717, 1.165) is 12.1 Å². The Morgan fingerprint density at radius 2 is 2.00 bits per heavy atom. The summed E-state index contributed by atoms with van der Waals surface area (Å²) < 4.78 is 13.6. The van der Waals surface area contributed by atoms with Crippen LogP contribution in [0.25, 0.3) is 0 Å². The topological polar surface area (TPSA) is 98.3 Å². The zero-order valence-corrected chi connectivity index (χ0v) is 12.1. The van der Waals surface area contributed by atoms with Crippen LogP contribution >= 0.6 is 15.9 Å². The summed E-state index contributed by atoms with van der Waals surface area (Å²) in [4.78, 5) is 22.2. The first kappa shape index (κ1) is 14.9. The number of hydrogen-bond donors (Lipinski definition) is 2. The number of nitro groups is 1. The molecule has 108 valence electrons. The number of nitrogens with one attached hydrogen (secondary N) is 1. The van der Waals surface area contributed by atoms with Gasteiger partial charge in [0.1, 0.15) is 5.82 Å². The molecular formula is C13H9BrFN3O3. The van der Waals surface area contributed by atoms with Crippen LogP contribution in [-0.4, -0.2) is 10.8 Å². The van der Waals surface area contributed by atoms with Gasteiger partial charge in [-0.05, 0) is 40.2 Å². The maximum atomic E-state index is 13.2. The number of nitrogen functional groups attached to an aromatic ring is 1. The molecule has 0 bridgehead atoms. The number of hydrogen-bond acceptors (Lipinski definition) is 4. The molecule has 2 aromatic rings. The van der Waals surface area contributed by atoms with E-state index in [1.54, 1.807) is 0 Å². The van der Waals surface area contributed by atoms with Crippen LogP contribution in [0.1, 0.15) is 10.4 Å². The third kappa shape index (κ3) is 3.34. The third-order valence-electron chi connectivity index (χ3n) is 2.67. The van der Waals surface area contributed by atoms with Gasteiger partial charge in [0, 0.05) is 22.3 Å². The first-order valence-corrected chi connectivity index (χ1v) is 6.48. The molecule has 21 heavy (non-hydrogen) atoms. The van der Waals surface area contributed by atoms with Crippen LogP contribution in [0.3, 0.4) is 0 Å². The Bertz CT molecular complexity index is 737. The standard InChI is InChI=1S/C13H9BrFN3O3/c14-10-3-2-8(18(20)21)6-12(10)17-13(19)9-5-7(15)1-4-11(9)16/h1-6H,16H2,(H,17,19). The normalized spacial score (nSPS) is 10.2. The monoisotopic (exact) mass is 353 g/mol. The predicted molar refractivity (Wildman–Crippen MR) is 79.6 cm³/mol. The average Bonchev–Trinajstić information content (AvgIpc) is 2.43. The number of nitro benzene ring substituents is 1. The van der Waals surface area contributed by atoms with E-state index in [1.165, 1.54) is 24.3 Å². The number of nitrogens with zero attached hydrogens (tertiary/aromatic N) is 1.